The van der Waals surface area contributed by atoms with Crippen LogP contribution < -0.4 is 21.3 Å². The van der Waals surface area contributed by atoms with E-state index in [-0.39, 0.29) is 11.8 Å². The van der Waals surface area contributed by atoms with Gasteiger partial charge >= 0.3 is 0 Å². The van der Waals surface area contributed by atoms with Gasteiger partial charge < -0.3 is 21.3 Å². The van der Waals surface area contributed by atoms with Crippen LogP contribution in [0.1, 0.15) is 83.0 Å². The average molecular weight is 515 g/mol. The summed E-state index contributed by atoms with van der Waals surface area (Å²) in [6.07, 6.45) is 0. The first-order valence-corrected chi connectivity index (χ1v) is 12.3. The molecule has 3 rings (SSSR count). The number of benzene rings is 3. The number of para-hydroxylation sites is 2. The first-order valence-electron chi connectivity index (χ1n) is 12.3. The van der Waals surface area contributed by atoms with Crippen molar-refractivity contribution >= 4 is 35.0 Å². The molecule has 0 unspecified atom stereocenters. The van der Waals surface area contributed by atoms with E-state index in [4.69, 9.17) is 0 Å². The maximum atomic E-state index is 12.9. The summed E-state index contributed by atoms with van der Waals surface area (Å²) in [6, 6.07) is 19.6. The van der Waals surface area contributed by atoms with Crippen LogP contribution in [0.2, 0.25) is 0 Å². The molecule has 0 heterocycles. The van der Waals surface area contributed by atoms with Crippen LogP contribution in [0.15, 0.2) is 72.8 Å². The highest BCUT2D eigenvalue weighted by Crippen LogP contribution is 2.20. The predicted molar refractivity (Wildman–Crippen MR) is 150 cm³/mol. The summed E-state index contributed by atoms with van der Waals surface area (Å²) in [7, 11) is 0. The Morgan fingerprint density at radius 3 is 1.11 bits per heavy atom. The van der Waals surface area contributed by atoms with Crippen LogP contribution in [-0.2, 0) is 0 Å². The second-order valence-corrected chi connectivity index (χ2v) is 11.0. The molecule has 3 aromatic rings. The largest absolute Gasteiger partial charge is 0.347 e. The quantitative estimate of drug-likeness (QED) is 0.360. The molecule has 0 fully saturated rings. The van der Waals surface area contributed by atoms with Crippen molar-refractivity contribution in [2.24, 2.45) is 0 Å². The van der Waals surface area contributed by atoms with E-state index in [1.54, 1.807) is 48.5 Å². The van der Waals surface area contributed by atoms with E-state index in [2.05, 4.69) is 21.3 Å². The van der Waals surface area contributed by atoms with Crippen LogP contribution in [0, 0.1) is 0 Å². The molecule has 0 radical (unpaired) electrons. The third kappa shape index (κ3) is 7.77. The molecule has 0 aliphatic carbocycles. The minimum absolute atomic E-state index is 0.295. The van der Waals surface area contributed by atoms with Crippen LogP contribution in [0.3, 0.4) is 0 Å². The molecule has 8 nitrogen and oxygen atoms in total. The van der Waals surface area contributed by atoms with Gasteiger partial charge in [-0.3, -0.25) is 19.2 Å². The van der Waals surface area contributed by atoms with Gasteiger partial charge in [0.05, 0.1) is 22.5 Å². The fourth-order valence-corrected chi connectivity index (χ4v) is 3.56. The van der Waals surface area contributed by atoms with Crippen LogP contribution >= 0.6 is 0 Å². The SMILES string of the molecule is CC(C)(C)NC(=O)c1ccccc1NC(=O)c1ccc(C(=O)Nc2ccccc2C(=O)NC(C)(C)C)cc1. The van der Waals surface area contributed by atoms with Crippen molar-refractivity contribution in [3.63, 3.8) is 0 Å². The summed E-state index contributed by atoms with van der Waals surface area (Å²) in [4.78, 5) is 51.1. The maximum absolute atomic E-state index is 12.9. The van der Waals surface area contributed by atoms with Crippen LogP contribution in [0.25, 0.3) is 0 Å². The predicted octanol–water partition coefficient (Wildman–Crippen LogP) is 5.25. The van der Waals surface area contributed by atoms with Gasteiger partial charge in [0, 0.05) is 22.2 Å². The molecular formula is C30H34N4O4. The Kier molecular flexibility index (Phi) is 8.36. The smallest absolute Gasteiger partial charge is 0.255 e. The molecule has 0 aliphatic rings. The normalized spacial score (nSPS) is 11.3. The van der Waals surface area contributed by atoms with Crippen LogP contribution in [-0.4, -0.2) is 34.7 Å². The fourth-order valence-electron chi connectivity index (χ4n) is 3.56. The minimum atomic E-state index is -0.429. The van der Waals surface area contributed by atoms with E-state index in [1.165, 1.54) is 24.3 Å². The van der Waals surface area contributed by atoms with Gasteiger partial charge in [-0.2, -0.15) is 0 Å². The molecule has 0 saturated heterocycles. The second-order valence-electron chi connectivity index (χ2n) is 11.0. The van der Waals surface area contributed by atoms with Gasteiger partial charge in [-0.25, -0.2) is 0 Å². The molecule has 0 aromatic heterocycles. The van der Waals surface area contributed by atoms with Gasteiger partial charge in [0.25, 0.3) is 23.6 Å². The van der Waals surface area contributed by atoms with Crippen LogP contribution in [0.5, 0.6) is 0 Å². The first kappa shape index (κ1) is 28.1. The molecule has 0 spiro atoms. The number of hydrogen-bond donors (Lipinski definition) is 4. The van der Waals surface area contributed by atoms with Crippen molar-refractivity contribution in [1.29, 1.82) is 0 Å². The first-order chi connectivity index (χ1) is 17.7. The standard InChI is InChI=1S/C30H34N4O4/c1-29(2,3)33-27(37)21-11-7-9-13-23(21)31-25(35)19-15-17-20(18-16-19)26(36)32-24-14-10-8-12-22(24)28(38)34-30(4,5)6/h7-18H,1-6H3,(H,31,35)(H,32,36)(H,33,37)(H,34,38). The van der Waals surface area contributed by atoms with Crippen molar-refractivity contribution in [3.8, 4) is 0 Å². The molecule has 0 bridgehead atoms. The zero-order chi connectivity index (χ0) is 28.1. The van der Waals surface area contributed by atoms with E-state index in [1.807, 2.05) is 41.5 Å². The highest BCUT2D eigenvalue weighted by molar-refractivity contribution is 6.11. The van der Waals surface area contributed by atoms with E-state index >= 15 is 0 Å². The Morgan fingerprint density at radius 1 is 0.474 bits per heavy atom. The summed E-state index contributed by atoms with van der Waals surface area (Å²) < 4.78 is 0. The molecule has 0 saturated carbocycles. The third-order valence-corrected chi connectivity index (χ3v) is 5.23. The summed E-state index contributed by atoms with van der Waals surface area (Å²) in [5.41, 5.74) is 1.23. The van der Waals surface area contributed by atoms with Crippen LogP contribution in [0.4, 0.5) is 11.4 Å². The van der Waals surface area contributed by atoms with Gasteiger partial charge in [-0.1, -0.05) is 24.3 Å². The summed E-state index contributed by atoms with van der Waals surface area (Å²) in [6.45, 7) is 11.3. The van der Waals surface area contributed by atoms with E-state index < -0.39 is 22.9 Å². The number of carbonyl (C=O) groups excluding carboxylic acids is 4. The molecular weight excluding hydrogens is 480 g/mol. The number of carbonyl (C=O) groups is 4. The zero-order valence-electron chi connectivity index (χ0n) is 22.6. The monoisotopic (exact) mass is 514 g/mol. The number of hydrogen-bond acceptors (Lipinski definition) is 4. The molecule has 4 N–H and O–H groups in total. The average Bonchev–Trinajstić information content (AvgIpc) is 2.82. The summed E-state index contributed by atoms with van der Waals surface area (Å²) in [5, 5.41) is 11.3. The van der Waals surface area contributed by atoms with E-state index in [0.29, 0.717) is 33.6 Å². The lowest BCUT2D eigenvalue weighted by molar-refractivity contribution is 0.0910. The van der Waals surface area contributed by atoms with E-state index in [0.717, 1.165) is 0 Å². The van der Waals surface area contributed by atoms with Gasteiger partial charge in [0.2, 0.25) is 0 Å². The van der Waals surface area contributed by atoms with Crippen molar-refractivity contribution in [3.05, 3.63) is 95.1 Å². The minimum Gasteiger partial charge on any atom is -0.347 e. The zero-order valence-corrected chi connectivity index (χ0v) is 22.6. The third-order valence-electron chi connectivity index (χ3n) is 5.23. The number of rotatable bonds is 6. The fraction of sp³-hybridized carbons (Fsp3) is 0.267. The Hall–Kier alpha value is -4.46. The number of amides is 4. The van der Waals surface area contributed by atoms with Crippen molar-refractivity contribution in [1.82, 2.24) is 10.6 Å². The Morgan fingerprint density at radius 2 is 0.789 bits per heavy atom. The van der Waals surface area contributed by atoms with E-state index in [9.17, 15) is 19.2 Å². The molecule has 38 heavy (non-hydrogen) atoms. The van der Waals surface area contributed by atoms with Gasteiger partial charge in [-0.15, -0.1) is 0 Å². The lowest BCUT2D eigenvalue weighted by Crippen LogP contribution is -2.40. The van der Waals surface area contributed by atoms with Crippen molar-refractivity contribution < 1.29 is 19.2 Å². The highest BCUT2D eigenvalue weighted by Gasteiger charge is 2.21. The molecule has 0 aliphatic heterocycles. The highest BCUT2D eigenvalue weighted by atomic mass is 16.2. The number of nitrogens with one attached hydrogen (secondary N) is 4. The van der Waals surface area contributed by atoms with Gasteiger partial charge in [-0.05, 0) is 90.1 Å². The molecule has 4 amide bonds. The van der Waals surface area contributed by atoms with Gasteiger partial charge in [0.1, 0.15) is 0 Å². The lowest BCUT2D eigenvalue weighted by Gasteiger charge is -2.21. The van der Waals surface area contributed by atoms with Gasteiger partial charge in [0.15, 0.2) is 0 Å². The Labute approximate surface area is 223 Å². The molecule has 8 heteroatoms. The van der Waals surface area contributed by atoms with Crippen molar-refractivity contribution in [2.45, 2.75) is 52.6 Å². The summed E-state index contributed by atoms with van der Waals surface area (Å²) in [5.74, 6) is -1.43. The Balaban J connectivity index is 1.72. The second kappa shape index (κ2) is 11.3. The maximum Gasteiger partial charge on any atom is 0.255 e. The molecule has 3 aromatic carbocycles. The summed E-state index contributed by atoms with van der Waals surface area (Å²) >= 11 is 0. The molecule has 0 atom stereocenters. The van der Waals surface area contributed by atoms with Crippen molar-refractivity contribution in [2.75, 3.05) is 10.6 Å². The molecule has 198 valence electrons. The topological polar surface area (TPSA) is 116 Å². The lowest BCUT2D eigenvalue weighted by atomic mass is 10.1. The Bertz CT molecular complexity index is 1250. The number of anilines is 2.